The van der Waals surface area contributed by atoms with Crippen LogP contribution in [0.15, 0.2) is 18.3 Å². The molecule has 0 atom stereocenters. The molecular weight excluding hydrogens is 464 g/mol. The number of hydrogen-bond acceptors (Lipinski definition) is 7. The average Bonchev–Trinajstić information content (AvgIpc) is 3.44. The Balaban J connectivity index is 1.33. The summed E-state index contributed by atoms with van der Waals surface area (Å²) >= 11 is 7.84. The van der Waals surface area contributed by atoms with Crippen LogP contribution in [0.25, 0.3) is 11.3 Å². The first-order valence-electron chi connectivity index (χ1n) is 10.6. The van der Waals surface area contributed by atoms with Crippen LogP contribution in [0.5, 0.6) is 5.88 Å². The van der Waals surface area contributed by atoms with Crippen LogP contribution in [-0.2, 0) is 11.3 Å². The van der Waals surface area contributed by atoms with E-state index in [1.54, 1.807) is 28.4 Å². The van der Waals surface area contributed by atoms with E-state index in [1.807, 2.05) is 13.8 Å². The molecule has 3 aromatic heterocycles. The second-order valence-corrected chi connectivity index (χ2v) is 9.60. The molecule has 4 heterocycles. The largest absolute Gasteiger partial charge is 0.481 e. The lowest BCUT2D eigenvalue weighted by Crippen LogP contribution is -2.43. The topological polar surface area (TPSA) is 113 Å². The van der Waals surface area contributed by atoms with Gasteiger partial charge < -0.3 is 15.0 Å². The lowest BCUT2D eigenvalue weighted by atomic mass is 9.95. The number of pyridine rings is 1. The summed E-state index contributed by atoms with van der Waals surface area (Å²) in [7, 11) is 1.52. The highest BCUT2D eigenvalue weighted by Crippen LogP contribution is 2.29. The van der Waals surface area contributed by atoms with E-state index in [9.17, 15) is 9.59 Å². The minimum atomic E-state index is -0.154. The molecule has 0 aliphatic carbocycles. The molecule has 4 rings (SSSR count). The highest BCUT2D eigenvalue weighted by Gasteiger charge is 2.29. The number of rotatable bonds is 6. The molecule has 0 radical (unpaired) electrons. The van der Waals surface area contributed by atoms with Crippen LogP contribution in [0.4, 0.5) is 0 Å². The van der Waals surface area contributed by atoms with Crippen LogP contribution in [-0.4, -0.2) is 57.1 Å². The third kappa shape index (κ3) is 5.17. The molecule has 9 nitrogen and oxygen atoms in total. The van der Waals surface area contributed by atoms with E-state index in [1.165, 1.54) is 18.2 Å². The molecule has 1 aliphatic heterocycles. The second-order valence-electron chi connectivity index (χ2n) is 7.91. The number of carbonyl (C=O) groups excluding carboxylic acids is 2. The first-order chi connectivity index (χ1) is 15.9. The molecule has 0 unspecified atom stereocenters. The zero-order valence-corrected chi connectivity index (χ0v) is 20.2. The van der Waals surface area contributed by atoms with Gasteiger partial charge in [-0.2, -0.15) is 5.10 Å². The fourth-order valence-electron chi connectivity index (χ4n) is 3.73. The van der Waals surface area contributed by atoms with Crippen LogP contribution in [0.1, 0.15) is 38.9 Å². The molecule has 0 spiro atoms. The number of amides is 2. The Hall–Kier alpha value is -2.98. The first-order valence-corrected chi connectivity index (χ1v) is 11.8. The van der Waals surface area contributed by atoms with Gasteiger partial charge in [0.25, 0.3) is 5.91 Å². The van der Waals surface area contributed by atoms with Crippen LogP contribution in [0.2, 0.25) is 5.02 Å². The van der Waals surface area contributed by atoms with E-state index >= 15 is 0 Å². The van der Waals surface area contributed by atoms with Crippen LogP contribution in [0.3, 0.4) is 0 Å². The fraction of sp³-hybridized carbons (Fsp3) is 0.409. The predicted molar refractivity (Wildman–Crippen MR) is 125 cm³/mol. The summed E-state index contributed by atoms with van der Waals surface area (Å²) in [6, 6.07) is 3.34. The van der Waals surface area contributed by atoms with Gasteiger partial charge in [0.15, 0.2) is 0 Å². The van der Waals surface area contributed by atoms with E-state index in [2.05, 4.69) is 25.5 Å². The molecule has 174 valence electrons. The van der Waals surface area contributed by atoms with E-state index in [0.717, 1.165) is 10.7 Å². The zero-order chi connectivity index (χ0) is 23.5. The number of aromatic amines is 1. The lowest BCUT2D eigenvalue weighted by Gasteiger charge is -2.30. The Kier molecular flexibility index (Phi) is 6.94. The molecule has 3 aromatic rings. The number of thiazole rings is 1. The third-order valence-corrected chi connectivity index (χ3v) is 7.14. The zero-order valence-electron chi connectivity index (χ0n) is 18.6. The van der Waals surface area contributed by atoms with E-state index in [4.69, 9.17) is 16.3 Å². The van der Waals surface area contributed by atoms with Crippen molar-refractivity contribution in [2.45, 2.75) is 33.2 Å². The van der Waals surface area contributed by atoms with Gasteiger partial charge in [0.1, 0.15) is 10.7 Å². The van der Waals surface area contributed by atoms with Gasteiger partial charge in [-0.3, -0.25) is 14.7 Å². The number of halogens is 1. The van der Waals surface area contributed by atoms with Gasteiger partial charge in [-0.15, -0.1) is 11.3 Å². The Bertz CT molecular complexity index is 1150. The average molecular weight is 489 g/mol. The van der Waals surface area contributed by atoms with Gasteiger partial charge in [0, 0.05) is 35.5 Å². The van der Waals surface area contributed by atoms with Gasteiger partial charge in [0.2, 0.25) is 11.8 Å². The van der Waals surface area contributed by atoms with E-state index in [0.29, 0.717) is 60.3 Å². The van der Waals surface area contributed by atoms with Crippen LogP contribution < -0.4 is 10.1 Å². The molecule has 1 saturated heterocycles. The van der Waals surface area contributed by atoms with Gasteiger partial charge >= 0.3 is 0 Å². The summed E-state index contributed by atoms with van der Waals surface area (Å²) in [5, 5.41) is 11.3. The monoisotopic (exact) mass is 488 g/mol. The number of aryl methyl sites for hydroxylation is 2. The molecular formula is C22H25ClN6O3S. The quantitative estimate of drug-likeness (QED) is 0.550. The maximum absolute atomic E-state index is 13.0. The molecule has 1 fully saturated rings. The number of hydrogen-bond donors (Lipinski definition) is 2. The Morgan fingerprint density at radius 1 is 1.30 bits per heavy atom. The number of piperidine rings is 1. The Labute approximate surface area is 200 Å². The molecule has 11 heteroatoms. The van der Waals surface area contributed by atoms with Crippen molar-refractivity contribution >= 4 is 34.8 Å². The molecule has 33 heavy (non-hydrogen) atoms. The smallest absolute Gasteiger partial charge is 0.271 e. The normalized spacial score (nSPS) is 14.4. The summed E-state index contributed by atoms with van der Waals surface area (Å²) in [6.45, 7) is 5.44. The van der Waals surface area contributed by atoms with Gasteiger partial charge in [0.05, 0.1) is 36.3 Å². The Morgan fingerprint density at radius 3 is 2.73 bits per heavy atom. The maximum Gasteiger partial charge on any atom is 0.271 e. The molecule has 0 saturated carbocycles. The number of carbonyl (C=O) groups is 2. The van der Waals surface area contributed by atoms with Crippen LogP contribution in [0, 0.1) is 19.8 Å². The minimum absolute atomic E-state index is 0.0118. The molecule has 0 aromatic carbocycles. The van der Waals surface area contributed by atoms with Gasteiger partial charge in [-0.05, 0) is 32.8 Å². The summed E-state index contributed by atoms with van der Waals surface area (Å²) in [5.74, 6) is 0.151. The minimum Gasteiger partial charge on any atom is -0.481 e. The molecule has 0 bridgehead atoms. The van der Waals surface area contributed by atoms with Crippen LogP contribution >= 0.6 is 22.9 Å². The summed E-state index contributed by atoms with van der Waals surface area (Å²) in [6.07, 6.45) is 2.71. The van der Waals surface area contributed by atoms with E-state index < -0.39 is 0 Å². The SMILES string of the molecule is COc1cc(-c2cc(C(=O)N3CCC(C(=O)NCc4nc(C)c(C)s4)CC3)[nH]n2)c(Cl)cn1. The first kappa shape index (κ1) is 23.2. The molecule has 2 amide bonds. The standard InChI is InChI=1S/C22H25ClN6O3S/c1-12-13(2)33-20(26-12)11-25-21(30)14-4-6-29(7-5-14)22(31)18-9-17(27-28-18)15-8-19(32-3)24-10-16(15)23/h8-10,14H,4-7,11H2,1-3H3,(H,25,30)(H,27,28). The second kappa shape index (κ2) is 9.88. The summed E-state index contributed by atoms with van der Waals surface area (Å²) in [4.78, 5) is 36.9. The van der Waals surface area contributed by atoms with Crippen molar-refractivity contribution in [1.29, 1.82) is 0 Å². The number of ether oxygens (including phenoxy) is 1. The fourth-order valence-corrected chi connectivity index (χ4v) is 4.81. The van der Waals surface area contributed by atoms with Crippen molar-refractivity contribution in [1.82, 2.24) is 30.4 Å². The van der Waals surface area contributed by atoms with Gasteiger partial charge in [-0.1, -0.05) is 11.6 Å². The van der Waals surface area contributed by atoms with Crippen molar-refractivity contribution in [3.63, 3.8) is 0 Å². The van der Waals surface area contributed by atoms with Gasteiger partial charge in [-0.25, -0.2) is 9.97 Å². The van der Waals surface area contributed by atoms with Crippen molar-refractivity contribution in [2.75, 3.05) is 20.2 Å². The lowest BCUT2D eigenvalue weighted by molar-refractivity contribution is -0.126. The van der Waals surface area contributed by atoms with Crippen molar-refractivity contribution in [3.05, 3.63) is 44.6 Å². The maximum atomic E-state index is 13.0. The summed E-state index contributed by atoms with van der Waals surface area (Å²) in [5.41, 5.74) is 2.53. The number of nitrogens with one attached hydrogen (secondary N) is 2. The summed E-state index contributed by atoms with van der Waals surface area (Å²) < 4.78 is 5.14. The number of likely N-dealkylation sites (tertiary alicyclic amines) is 1. The van der Waals surface area contributed by atoms with E-state index in [-0.39, 0.29) is 17.7 Å². The van der Waals surface area contributed by atoms with Crippen molar-refractivity contribution in [3.8, 4) is 17.1 Å². The number of aromatic nitrogens is 4. The number of nitrogens with zero attached hydrogens (tertiary/aromatic N) is 4. The third-order valence-electron chi connectivity index (χ3n) is 5.76. The number of methoxy groups -OCH3 is 1. The predicted octanol–water partition coefficient (Wildman–Crippen LogP) is 3.38. The molecule has 1 aliphatic rings. The van der Waals surface area contributed by atoms with Crippen molar-refractivity contribution < 1.29 is 14.3 Å². The number of H-pyrrole nitrogens is 1. The molecule has 2 N–H and O–H groups in total. The van der Waals surface area contributed by atoms with Crippen molar-refractivity contribution in [2.24, 2.45) is 5.92 Å². The Morgan fingerprint density at radius 2 is 2.06 bits per heavy atom. The highest BCUT2D eigenvalue weighted by molar-refractivity contribution is 7.11. The highest BCUT2D eigenvalue weighted by atomic mass is 35.5.